The number of rotatable bonds is 1. The first kappa shape index (κ1) is 8.87. The number of Topliss-reactive ketones (excluding diaryl/α,β-unsaturated/α-hetero) is 1. The second-order valence-corrected chi connectivity index (χ2v) is 3.26. The normalized spacial score (nSPS) is 14.9. The van der Waals surface area contributed by atoms with Crippen molar-refractivity contribution >= 4 is 17.5 Å². The van der Waals surface area contributed by atoms with Gasteiger partial charge < -0.3 is 0 Å². The summed E-state index contributed by atoms with van der Waals surface area (Å²) >= 11 is 0. The van der Waals surface area contributed by atoms with E-state index in [0.717, 1.165) is 5.56 Å². The Labute approximate surface area is 81.6 Å². The van der Waals surface area contributed by atoms with Crippen LogP contribution in [0.25, 0.3) is 0 Å². The highest BCUT2D eigenvalue weighted by atomic mass is 16.2. The lowest BCUT2D eigenvalue weighted by Crippen LogP contribution is -2.29. The van der Waals surface area contributed by atoms with E-state index >= 15 is 0 Å². The quantitative estimate of drug-likeness (QED) is 0.619. The first-order valence-corrected chi connectivity index (χ1v) is 4.48. The largest absolute Gasteiger partial charge is 0.300 e. The maximum Gasteiger partial charge on any atom is 0.300 e. The van der Waals surface area contributed by atoms with Crippen LogP contribution in [-0.2, 0) is 4.79 Å². The van der Waals surface area contributed by atoms with Crippen molar-refractivity contribution in [1.82, 2.24) is 4.98 Å². The number of ketones is 1. The molecule has 2 rings (SSSR count). The monoisotopic (exact) mass is 190 g/mol. The van der Waals surface area contributed by atoms with Gasteiger partial charge >= 0.3 is 5.91 Å². The van der Waals surface area contributed by atoms with Gasteiger partial charge in [0.2, 0.25) is 0 Å². The molecule has 2 heterocycles. The molecule has 0 saturated heterocycles. The Balaban J connectivity index is 2.61. The highest BCUT2D eigenvalue weighted by Crippen LogP contribution is 2.26. The van der Waals surface area contributed by atoms with Crippen LogP contribution in [0, 0.1) is 6.92 Å². The molecule has 0 spiro atoms. The Morgan fingerprint density at radius 2 is 2.14 bits per heavy atom. The number of pyridine rings is 1. The van der Waals surface area contributed by atoms with Crippen molar-refractivity contribution in [3.05, 3.63) is 23.4 Å². The number of hydrogen-bond acceptors (Lipinski definition) is 3. The van der Waals surface area contributed by atoms with Crippen LogP contribution in [0.5, 0.6) is 0 Å². The summed E-state index contributed by atoms with van der Waals surface area (Å²) in [6, 6.07) is 1.71. The third kappa shape index (κ3) is 1.04. The first-order chi connectivity index (χ1) is 6.65. The maximum absolute atomic E-state index is 11.5. The van der Waals surface area contributed by atoms with Gasteiger partial charge in [0.1, 0.15) is 5.82 Å². The van der Waals surface area contributed by atoms with Crippen LogP contribution < -0.4 is 4.90 Å². The molecular formula is C10H10N2O2. The Kier molecular flexibility index (Phi) is 1.84. The van der Waals surface area contributed by atoms with Gasteiger partial charge in [-0.2, -0.15) is 0 Å². The summed E-state index contributed by atoms with van der Waals surface area (Å²) in [6.45, 7) is 4.15. The Bertz CT molecular complexity index is 426. The highest BCUT2D eigenvalue weighted by molar-refractivity contribution is 6.52. The molecule has 0 saturated carbocycles. The first-order valence-electron chi connectivity index (χ1n) is 4.48. The second-order valence-electron chi connectivity index (χ2n) is 3.26. The summed E-state index contributed by atoms with van der Waals surface area (Å²) in [4.78, 5) is 28.4. The predicted octanol–water partition coefficient (Wildman–Crippen LogP) is 0.939. The molecule has 0 aromatic carbocycles. The van der Waals surface area contributed by atoms with Crippen LogP contribution >= 0.6 is 0 Å². The summed E-state index contributed by atoms with van der Waals surface area (Å²) in [5, 5.41) is 0. The standard InChI is InChI=1S/C10H10N2O2/c1-3-12-9-7(8(13)10(12)14)4-6(2)5-11-9/h4-5H,3H2,1-2H3. The average molecular weight is 190 g/mol. The molecule has 4 nitrogen and oxygen atoms in total. The molecule has 0 N–H and O–H groups in total. The van der Waals surface area contributed by atoms with Gasteiger partial charge in [0.15, 0.2) is 0 Å². The average Bonchev–Trinajstić information content (AvgIpc) is 2.41. The van der Waals surface area contributed by atoms with Crippen LogP contribution in [-0.4, -0.2) is 23.2 Å². The van der Waals surface area contributed by atoms with Crippen LogP contribution in [0.3, 0.4) is 0 Å². The molecule has 0 bridgehead atoms. The van der Waals surface area contributed by atoms with E-state index in [9.17, 15) is 9.59 Å². The molecule has 72 valence electrons. The minimum atomic E-state index is -0.472. The fourth-order valence-corrected chi connectivity index (χ4v) is 1.57. The minimum absolute atomic E-state index is 0.428. The number of fused-ring (bicyclic) bond motifs is 1. The van der Waals surface area contributed by atoms with Crippen LogP contribution in [0.15, 0.2) is 12.3 Å². The highest BCUT2D eigenvalue weighted by Gasteiger charge is 2.35. The predicted molar refractivity (Wildman–Crippen MR) is 51.3 cm³/mol. The molecular weight excluding hydrogens is 180 g/mol. The van der Waals surface area contributed by atoms with E-state index in [1.807, 2.05) is 13.8 Å². The molecule has 1 aliphatic rings. The smallest absolute Gasteiger partial charge is 0.289 e. The van der Waals surface area contributed by atoms with E-state index in [1.54, 1.807) is 12.3 Å². The van der Waals surface area contributed by atoms with Crippen molar-refractivity contribution in [1.29, 1.82) is 0 Å². The topological polar surface area (TPSA) is 50.3 Å². The van der Waals surface area contributed by atoms with Crippen LogP contribution in [0.2, 0.25) is 0 Å². The number of carbonyl (C=O) groups excluding carboxylic acids is 2. The number of hydrogen-bond donors (Lipinski definition) is 0. The van der Waals surface area contributed by atoms with E-state index in [4.69, 9.17) is 0 Å². The van der Waals surface area contributed by atoms with Gasteiger partial charge in [-0.25, -0.2) is 4.98 Å². The fraction of sp³-hybridized carbons (Fsp3) is 0.300. The van der Waals surface area contributed by atoms with Crippen LogP contribution in [0.1, 0.15) is 22.8 Å². The van der Waals surface area contributed by atoms with E-state index in [1.165, 1.54) is 4.90 Å². The Morgan fingerprint density at radius 1 is 1.43 bits per heavy atom. The molecule has 1 aliphatic heterocycles. The number of carbonyl (C=O) groups is 2. The van der Waals surface area contributed by atoms with E-state index in [0.29, 0.717) is 17.9 Å². The third-order valence-corrected chi connectivity index (χ3v) is 2.26. The number of likely N-dealkylation sites (N-methyl/N-ethyl adjacent to an activating group) is 1. The molecule has 1 aromatic heterocycles. The third-order valence-electron chi connectivity index (χ3n) is 2.26. The van der Waals surface area contributed by atoms with Crippen molar-refractivity contribution in [2.75, 3.05) is 11.4 Å². The van der Waals surface area contributed by atoms with Gasteiger partial charge in [0.25, 0.3) is 5.78 Å². The molecule has 0 aliphatic carbocycles. The lowest BCUT2D eigenvalue weighted by molar-refractivity contribution is -0.114. The van der Waals surface area contributed by atoms with Crippen molar-refractivity contribution < 1.29 is 9.59 Å². The molecule has 1 amide bonds. The summed E-state index contributed by atoms with van der Waals surface area (Å²) in [5.74, 6) is -0.424. The Morgan fingerprint density at radius 3 is 2.79 bits per heavy atom. The lowest BCUT2D eigenvalue weighted by Gasteiger charge is -2.11. The van der Waals surface area contributed by atoms with Crippen molar-refractivity contribution in [2.45, 2.75) is 13.8 Å². The zero-order valence-corrected chi connectivity index (χ0v) is 8.07. The SMILES string of the molecule is CCN1C(=O)C(=O)c2cc(C)cnc21. The van der Waals surface area contributed by atoms with Crippen molar-refractivity contribution in [2.24, 2.45) is 0 Å². The van der Waals surface area contributed by atoms with Crippen molar-refractivity contribution in [3.8, 4) is 0 Å². The van der Waals surface area contributed by atoms with Gasteiger partial charge in [0.05, 0.1) is 5.56 Å². The van der Waals surface area contributed by atoms with Gasteiger partial charge in [-0.1, -0.05) is 0 Å². The number of aromatic nitrogens is 1. The van der Waals surface area contributed by atoms with Gasteiger partial charge in [-0.15, -0.1) is 0 Å². The van der Waals surface area contributed by atoms with E-state index in [-0.39, 0.29) is 0 Å². The number of amides is 1. The molecule has 1 aromatic rings. The summed E-state index contributed by atoms with van der Waals surface area (Å²) in [6.07, 6.45) is 1.66. The molecule has 0 atom stereocenters. The summed E-state index contributed by atoms with van der Waals surface area (Å²) in [7, 11) is 0. The van der Waals surface area contributed by atoms with Crippen LogP contribution in [0.4, 0.5) is 5.82 Å². The lowest BCUT2D eigenvalue weighted by atomic mass is 10.1. The van der Waals surface area contributed by atoms with Gasteiger partial charge in [-0.3, -0.25) is 14.5 Å². The Hall–Kier alpha value is -1.71. The zero-order chi connectivity index (χ0) is 10.3. The molecule has 4 heteroatoms. The van der Waals surface area contributed by atoms with E-state index in [2.05, 4.69) is 4.98 Å². The molecule has 14 heavy (non-hydrogen) atoms. The molecule has 0 unspecified atom stereocenters. The van der Waals surface area contributed by atoms with E-state index < -0.39 is 11.7 Å². The number of anilines is 1. The summed E-state index contributed by atoms with van der Waals surface area (Å²) in [5.41, 5.74) is 1.32. The van der Waals surface area contributed by atoms with Gasteiger partial charge in [-0.05, 0) is 25.5 Å². The summed E-state index contributed by atoms with van der Waals surface area (Å²) < 4.78 is 0. The fourth-order valence-electron chi connectivity index (χ4n) is 1.57. The number of aryl methyl sites for hydroxylation is 1. The minimum Gasteiger partial charge on any atom is -0.289 e. The molecule has 0 radical (unpaired) electrons. The molecule has 0 fully saturated rings. The zero-order valence-electron chi connectivity index (χ0n) is 8.07. The number of nitrogens with zero attached hydrogens (tertiary/aromatic N) is 2. The second kappa shape index (κ2) is 2.90. The van der Waals surface area contributed by atoms with Crippen molar-refractivity contribution in [3.63, 3.8) is 0 Å². The maximum atomic E-state index is 11.5. The van der Waals surface area contributed by atoms with Gasteiger partial charge in [0, 0.05) is 12.7 Å².